The first-order valence-electron chi connectivity index (χ1n) is 5.76. The Bertz CT molecular complexity index is 330. The molecule has 18 heavy (non-hydrogen) atoms. The van der Waals surface area contributed by atoms with Gasteiger partial charge in [-0.15, -0.1) is 0 Å². The number of carbonyl (C=O) groups is 3. The quantitative estimate of drug-likeness (QED) is 0.286. The summed E-state index contributed by atoms with van der Waals surface area (Å²) in [6.45, 7) is 5.23. The first-order chi connectivity index (χ1) is 8.60. The molecule has 100 valence electrons. The second kappa shape index (κ2) is 10.3. The first kappa shape index (κ1) is 16.1. The summed E-state index contributed by atoms with van der Waals surface area (Å²) in [6.07, 6.45) is 5.94. The van der Waals surface area contributed by atoms with Crippen LogP contribution in [0, 0.1) is 0 Å². The van der Waals surface area contributed by atoms with Gasteiger partial charge in [0, 0.05) is 18.6 Å². The van der Waals surface area contributed by atoms with Gasteiger partial charge in [0.05, 0.1) is 6.61 Å². The van der Waals surface area contributed by atoms with Gasteiger partial charge in [-0.05, 0) is 26.2 Å². The summed E-state index contributed by atoms with van der Waals surface area (Å²) in [7, 11) is 0. The molecule has 0 fully saturated rings. The smallest absolute Gasteiger partial charge is 0.338 e. The fourth-order valence-electron chi connectivity index (χ4n) is 1.11. The van der Waals surface area contributed by atoms with E-state index in [1.165, 1.54) is 12.2 Å². The van der Waals surface area contributed by atoms with Crippen molar-refractivity contribution < 1.29 is 23.9 Å². The third-order valence-electron chi connectivity index (χ3n) is 1.95. The summed E-state index contributed by atoms with van der Waals surface area (Å²) in [5.74, 6) is -1.64. The van der Waals surface area contributed by atoms with E-state index in [4.69, 9.17) is 4.74 Å². The maximum atomic E-state index is 11.1. The van der Waals surface area contributed by atoms with Gasteiger partial charge in [-0.2, -0.15) is 0 Å². The van der Waals surface area contributed by atoms with Crippen LogP contribution >= 0.6 is 0 Å². The molecular weight excluding hydrogens is 236 g/mol. The summed E-state index contributed by atoms with van der Waals surface area (Å²) >= 11 is 0. The molecule has 0 aliphatic heterocycles. The lowest BCUT2D eigenvalue weighted by molar-refractivity contribution is -0.156. The Morgan fingerprint density at radius 1 is 1.11 bits per heavy atom. The third kappa shape index (κ3) is 9.33. The van der Waals surface area contributed by atoms with Gasteiger partial charge < -0.3 is 9.47 Å². The van der Waals surface area contributed by atoms with Crippen LogP contribution in [0.5, 0.6) is 0 Å². The average molecular weight is 254 g/mol. The summed E-state index contributed by atoms with van der Waals surface area (Å²) in [4.78, 5) is 32.7. The van der Waals surface area contributed by atoms with Crippen LogP contribution < -0.4 is 0 Å². The van der Waals surface area contributed by atoms with Crippen LogP contribution in [0.4, 0.5) is 0 Å². The molecule has 0 spiro atoms. The molecule has 0 heterocycles. The normalized spacial score (nSPS) is 10.1. The molecule has 0 radical (unpaired) electrons. The summed E-state index contributed by atoms with van der Waals surface area (Å²) in [5, 5.41) is 0. The van der Waals surface area contributed by atoms with Crippen molar-refractivity contribution in [3.63, 3.8) is 0 Å². The summed E-state index contributed by atoms with van der Waals surface area (Å²) in [6, 6.07) is 0. The van der Waals surface area contributed by atoms with E-state index in [1.807, 2.05) is 0 Å². The molecule has 0 atom stereocenters. The number of hydrogen-bond acceptors (Lipinski definition) is 5. The fraction of sp³-hybridized carbons (Fsp3) is 0.462. The Labute approximate surface area is 106 Å². The minimum absolute atomic E-state index is 0.179. The highest BCUT2D eigenvalue weighted by Crippen LogP contribution is 2.02. The van der Waals surface area contributed by atoms with Crippen LogP contribution in [0.15, 0.2) is 24.8 Å². The fourth-order valence-corrected chi connectivity index (χ4v) is 1.11. The Hall–Kier alpha value is -1.91. The van der Waals surface area contributed by atoms with Crippen LogP contribution in [-0.2, 0) is 23.9 Å². The van der Waals surface area contributed by atoms with Crippen molar-refractivity contribution in [2.24, 2.45) is 0 Å². The van der Waals surface area contributed by atoms with Gasteiger partial charge >= 0.3 is 17.9 Å². The molecule has 0 aromatic heterocycles. The van der Waals surface area contributed by atoms with Gasteiger partial charge in [0.1, 0.15) is 0 Å². The molecule has 5 heteroatoms. The minimum Gasteiger partial charge on any atom is -0.463 e. The van der Waals surface area contributed by atoms with E-state index in [0.29, 0.717) is 19.4 Å². The van der Waals surface area contributed by atoms with Gasteiger partial charge in [0.25, 0.3) is 0 Å². The van der Waals surface area contributed by atoms with Crippen molar-refractivity contribution in [2.45, 2.75) is 32.6 Å². The van der Waals surface area contributed by atoms with Crippen molar-refractivity contribution in [1.82, 2.24) is 0 Å². The monoisotopic (exact) mass is 254 g/mol. The predicted molar refractivity (Wildman–Crippen MR) is 65.5 cm³/mol. The van der Waals surface area contributed by atoms with E-state index in [0.717, 1.165) is 12.5 Å². The van der Waals surface area contributed by atoms with Crippen molar-refractivity contribution in [3.05, 3.63) is 24.8 Å². The molecule has 5 nitrogen and oxygen atoms in total. The topological polar surface area (TPSA) is 69.7 Å². The number of hydrogen-bond donors (Lipinski definition) is 0. The number of unbranched alkanes of at least 4 members (excludes halogenated alkanes) is 2. The highest BCUT2D eigenvalue weighted by Gasteiger charge is 2.06. The lowest BCUT2D eigenvalue weighted by atomic mass is 10.2. The number of esters is 3. The van der Waals surface area contributed by atoms with Crippen molar-refractivity contribution in [1.29, 1.82) is 0 Å². The molecular formula is C13H18O5. The highest BCUT2D eigenvalue weighted by molar-refractivity contribution is 5.91. The Morgan fingerprint density at radius 2 is 1.83 bits per heavy atom. The van der Waals surface area contributed by atoms with E-state index >= 15 is 0 Å². The maximum absolute atomic E-state index is 11.1. The van der Waals surface area contributed by atoms with Gasteiger partial charge in [-0.25, -0.2) is 9.59 Å². The van der Waals surface area contributed by atoms with Gasteiger partial charge in [-0.1, -0.05) is 12.7 Å². The average Bonchev–Trinajstić information content (AvgIpc) is 2.33. The number of rotatable bonds is 8. The maximum Gasteiger partial charge on any atom is 0.338 e. The standard InChI is InChI=1S/C13H18O5/c1-3-8-12(15)18-13(16)9-6-5-7-10-17-11(14)4-2/h3-4,8H,2,5-7,9-10H2,1H3. The second-order valence-electron chi connectivity index (χ2n) is 3.48. The van der Waals surface area contributed by atoms with E-state index in [1.54, 1.807) is 6.92 Å². The number of allylic oxidation sites excluding steroid dienone is 1. The largest absolute Gasteiger partial charge is 0.463 e. The van der Waals surface area contributed by atoms with Crippen LogP contribution in [0.3, 0.4) is 0 Å². The number of carbonyl (C=O) groups excluding carboxylic acids is 3. The van der Waals surface area contributed by atoms with E-state index < -0.39 is 17.9 Å². The lowest BCUT2D eigenvalue weighted by Crippen LogP contribution is -2.09. The van der Waals surface area contributed by atoms with Gasteiger partial charge in [0.2, 0.25) is 0 Å². The number of ether oxygens (including phenoxy) is 2. The minimum atomic E-state index is -0.651. The van der Waals surface area contributed by atoms with E-state index in [2.05, 4.69) is 11.3 Å². The van der Waals surface area contributed by atoms with Crippen LogP contribution in [0.2, 0.25) is 0 Å². The van der Waals surface area contributed by atoms with Crippen LogP contribution in [0.1, 0.15) is 32.6 Å². The molecule has 0 unspecified atom stereocenters. The zero-order valence-electron chi connectivity index (χ0n) is 10.5. The lowest BCUT2D eigenvalue weighted by Gasteiger charge is -2.02. The molecule has 0 amide bonds. The first-order valence-corrected chi connectivity index (χ1v) is 5.76. The predicted octanol–water partition coefficient (Wildman–Crippen LogP) is 1.92. The zero-order valence-corrected chi connectivity index (χ0v) is 10.5. The molecule has 0 saturated heterocycles. The highest BCUT2D eigenvalue weighted by atomic mass is 16.6. The molecule has 0 aromatic rings. The molecule has 0 rings (SSSR count). The SMILES string of the molecule is C=CC(=O)OCCCCCC(=O)OC(=O)C=CC. The molecule has 0 aliphatic rings. The zero-order chi connectivity index (χ0) is 13.8. The second-order valence-corrected chi connectivity index (χ2v) is 3.48. The molecule has 0 bridgehead atoms. The van der Waals surface area contributed by atoms with Crippen molar-refractivity contribution in [2.75, 3.05) is 6.61 Å². The summed E-state index contributed by atoms with van der Waals surface area (Å²) < 4.78 is 9.25. The van der Waals surface area contributed by atoms with Crippen molar-refractivity contribution >= 4 is 17.9 Å². The Kier molecular flexibility index (Phi) is 9.17. The van der Waals surface area contributed by atoms with Gasteiger partial charge in [-0.3, -0.25) is 4.79 Å². The Balaban J connectivity index is 3.49. The molecule has 0 aliphatic carbocycles. The molecule has 0 N–H and O–H groups in total. The van der Waals surface area contributed by atoms with Crippen LogP contribution in [0.25, 0.3) is 0 Å². The summed E-state index contributed by atoms with van der Waals surface area (Å²) in [5.41, 5.74) is 0. The van der Waals surface area contributed by atoms with E-state index in [9.17, 15) is 14.4 Å². The molecule has 0 aromatic carbocycles. The van der Waals surface area contributed by atoms with Crippen molar-refractivity contribution in [3.8, 4) is 0 Å². The molecule has 0 saturated carbocycles. The van der Waals surface area contributed by atoms with Gasteiger partial charge in [0.15, 0.2) is 0 Å². The van der Waals surface area contributed by atoms with Crippen LogP contribution in [-0.4, -0.2) is 24.5 Å². The third-order valence-corrected chi connectivity index (χ3v) is 1.95. The van der Waals surface area contributed by atoms with E-state index in [-0.39, 0.29) is 6.42 Å². The Morgan fingerprint density at radius 3 is 2.44 bits per heavy atom.